The van der Waals surface area contributed by atoms with Gasteiger partial charge in [0.1, 0.15) is 16.8 Å². The second kappa shape index (κ2) is 8.60. The maximum atomic E-state index is 12.7. The summed E-state index contributed by atoms with van der Waals surface area (Å²) >= 11 is 10.3. The van der Waals surface area contributed by atoms with Crippen molar-refractivity contribution in [1.29, 1.82) is 5.26 Å². The van der Waals surface area contributed by atoms with Crippen molar-refractivity contribution in [3.8, 4) is 11.8 Å². The Labute approximate surface area is 182 Å². The molecular weight excluding hydrogens is 458 g/mol. The van der Waals surface area contributed by atoms with Gasteiger partial charge in [-0.15, -0.1) is 11.3 Å². The number of hydrogen-bond acceptors (Lipinski definition) is 5. The molecule has 0 spiro atoms. The summed E-state index contributed by atoms with van der Waals surface area (Å²) in [5.74, 6) is 0.749. The summed E-state index contributed by atoms with van der Waals surface area (Å²) in [6.45, 7) is 4.09. The monoisotopic (exact) mass is 477 g/mol. The van der Waals surface area contributed by atoms with Crippen LogP contribution in [-0.4, -0.2) is 18.1 Å². The number of ether oxygens (including phenoxy) is 1. The number of aryl methyl sites for hydroxylation is 1. The number of thiophene rings is 1. The molecule has 8 heteroatoms. The van der Waals surface area contributed by atoms with Gasteiger partial charge in [0.05, 0.1) is 18.2 Å². The van der Waals surface area contributed by atoms with Crippen LogP contribution in [0.15, 0.2) is 16.6 Å². The maximum absolute atomic E-state index is 12.7. The molecule has 1 aliphatic carbocycles. The third-order valence-electron chi connectivity index (χ3n) is 4.77. The standard InChI is InChI=1S/C20H20BrN3O2S2/c1-10-4-5-13-15(9-22)19(28-16(13)6-10)24-20(27)23-18(25)14-8-12(21)7-11(2)17(14)26-3/h7-8,10H,4-6H2,1-3H3,(H2,23,24,25,27)/t10-/m1/s1. The molecule has 1 amide bonds. The molecule has 1 atom stereocenters. The number of anilines is 1. The van der Waals surface area contributed by atoms with Crippen molar-refractivity contribution in [3.63, 3.8) is 0 Å². The molecule has 0 radical (unpaired) electrons. The Morgan fingerprint density at radius 2 is 2.21 bits per heavy atom. The zero-order valence-corrected chi connectivity index (χ0v) is 19.0. The molecule has 0 bridgehead atoms. The summed E-state index contributed by atoms with van der Waals surface area (Å²) in [6, 6.07) is 5.86. The second-order valence-corrected chi connectivity index (χ2v) is 9.31. The van der Waals surface area contributed by atoms with Gasteiger partial charge in [-0.25, -0.2) is 0 Å². The molecular formula is C20H20BrN3O2S2. The highest BCUT2D eigenvalue weighted by atomic mass is 79.9. The fourth-order valence-corrected chi connectivity index (χ4v) is 5.63. The van der Waals surface area contributed by atoms with Crippen molar-refractivity contribution in [3.05, 3.63) is 43.7 Å². The number of nitriles is 1. The maximum Gasteiger partial charge on any atom is 0.261 e. The van der Waals surface area contributed by atoms with E-state index in [1.165, 1.54) is 12.0 Å². The van der Waals surface area contributed by atoms with E-state index >= 15 is 0 Å². The number of carbonyl (C=O) groups is 1. The molecule has 1 aromatic carbocycles. The highest BCUT2D eigenvalue weighted by Gasteiger charge is 2.25. The van der Waals surface area contributed by atoms with E-state index in [9.17, 15) is 10.1 Å². The molecule has 1 aromatic heterocycles. The highest BCUT2D eigenvalue weighted by molar-refractivity contribution is 9.10. The normalized spacial score (nSPS) is 15.3. The fraction of sp³-hybridized carbons (Fsp3) is 0.350. The van der Waals surface area contributed by atoms with Crippen molar-refractivity contribution >= 4 is 55.5 Å². The van der Waals surface area contributed by atoms with Gasteiger partial charge in [0.25, 0.3) is 5.91 Å². The van der Waals surface area contributed by atoms with E-state index in [1.807, 2.05) is 13.0 Å². The first-order valence-corrected chi connectivity index (χ1v) is 10.9. The molecule has 2 aromatic rings. The lowest BCUT2D eigenvalue weighted by Gasteiger charge is -2.17. The Bertz CT molecular complexity index is 994. The highest BCUT2D eigenvalue weighted by Crippen LogP contribution is 2.39. The van der Waals surface area contributed by atoms with Crippen molar-refractivity contribution in [2.24, 2.45) is 5.92 Å². The molecule has 5 nitrogen and oxygen atoms in total. The quantitative estimate of drug-likeness (QED) is 0.611. The summed E-state index contributed by atoms with van der Waals surface area (Å²) in [7, 11) is 1.53. The van der Waals surface area contributed by atoms with Crippen LogP contribution in [0.5, 0.6) is 5.75 Å². The molecule has 0 saturated carbocycles. The van der Waals surface area contributed by atoms with Crippen LogP contribution in [0.4, 0.5) is 5.00 Å². The average molecular weight is 478 g/mol. The molecule has 3 rings (SSSR count). The zero-order valence-electron chi connectivity index (χ0n) is 15.8. The van der Waals surface area contributed by atoms with Gasteiger partial charge in [-0.2, -0.15) is 5.26 Å². The summed E-state index contributed by atoms with van der Waals surface area (Å²) in [5.41, 5.74) is 2.98. The minimum Gasteiger partial charge on any atom is -0.496 e. The lowest BCUT2D eigenvalue weighted by atomic mass is 9.89. The van der Waals surface area contributed by atoms with Gasteiger partial charge < -0.3 is 10.1 Å². The van der Waals surface area contributed by atoms with Gasteiger partial charge in [0.2, 0.25) is 0 Å². The first kappa shape index (κ1) is 20.8. The number of halogens is 1. The molecule has 0 unspecified atom stereocenters. The van der Waals surface area contributed by atoms with E-state index in [2.05, 4.69) is 39.6 Å². The summed E-state index contributed by atoms with van der Waals surface area (Å²) in [4.78, 5) is 14.0. The number of fused-ring (bicyclic) bond motifs is 1. The van der Waals surface area contributed by atoms with Crippen molar-refractivity contribution in [2.75, 3.05) is 12.4 Å². The number of carbonyl (C=O) groups excluding carboxylic acids is 1. The number of nitrogens with zero attached hydrogens (tertiary/aromatic N) is 1. The number of rotatable bonds is 3. The Balaban J connectivity index is 1.79. The minimum atomic E-state index is -0.368. The summed E-state index contributed by atoms with van der Waals surface area (Å²) in [6.07, 6.45) is 2.97. The lowest BCUT2D eigenvalue weighted by Crippen LogP contribution is -2.34. The Morgan fingerprint density at radius 3 is 2.89 bits per heavy atom. The third kappa shape index (κ3) is 4.22. The van der Waals surface area contributed by atoms with E-state index in [0.29, 0.717) is 27.8 Å². The lowest BCUT2D eigenvalue weighted by molar-refractivity contribution is 0.0974. The molecule has 0 aliphatic heterocycles. The van der Waals surface area contributed by atoms with E-state index < -0.39 is 0 Å². The average Bonchev–Trinajstić information content (AvgIpc) is 2.96. The zero-order chi connectivity index (χ0) is 20.4. The molecule has 1 aliphatic rings. The van der Waals surface area contributed by atoms with Crippen molar-refractivity contribution in [2.45, 2.75) is 33.1 Å². The van der Waals surface area contributed by atoms with Crippen LogP contribution in [0.1, 0.15) is 45.3 Å². The number of hydrogen-bond donors (Lipinski definition) is 2. The van der Waals surface area contributed by atoms with Gasteiger partial charge in [-0.3, -0.25) is 10.1 Å². The molecule has 28 heavy (non-hydrogen) atoms. The molecule has 0 fully saturated rings. The van der Waals surface area contributed by atoms with Gasteiger partial charge in [-0.1, -0.05) is 22.9 Å². The molecule has 1 heterocycles. The van der Waals surface area contributed by atoms with Gasteiger partial charge in [-0.05, 0) is 67.6 Å². The Kier molecular flexibility index (Phi) is 6.38. The van der Waals surface area contributed by atoms with E-state index in [0.717, 1.165) is 34.9 Å². The fourth-order valence-electron chi connectivity index (χ4n) is 3.43. The van der Waals surface area contributed by atoms with Gasteiger partial charge in [0, 0.05) is 9.35 Å². The predicted molar refractivity (Wildman–Crippen MR) is 119 cm³/mol. The number of amides is 1. The van der Waals surface area contributed by atoms with Crippen LogP contribution in [0, 0.1) is 24.2 Å². The topological polar surface area (TPSA) is 74.2 Å². The van der Waals surface area contributed by atoms with Crippen LogP contribution in [0.25, 0.3) is 0 Å². The second-order valence-electron chi connectivity index (χ2n) is 6.88. The van der Waals surface area contributed by atoms with E-state index in [4.69, 9.17) is 17.0 Å². The van der Waals surface area contributed by atoms with E-state index in [1.54, 1.807) is 17.4 Å². The van der Waals surface area contributed by atoms with Gasteiger partial charge in [0.15, 0.2) is 5.11 Å². The van der Waals surface area contributed by atoms with Crippen molar-refractivity contribution < 1.29 is 9.53 Å². The molecule has 0 saturated heterocycles. The van der Waals surface area contributed by atoms with Crippen LogP contribution in [0.3, 0.4) is 0 Å². The first-order chi connectivity index (χ1) is 13.3. The van der Waals surface area contributed by atoms with Crippen LogP contribution >= 0.6 is 39.5 Å². The number of benzene rings is 1. The van der Waals surface area contributed by atoms with Crippen LogP contribution in [-0.2, 0) is 12.8 Å². The Morgan fingerprint density at radius 1 is 1.46 bits per heavy atom. The largest absolute Gasteiger partial charge is 0.496 e. The Hall–Kier alpha value is -1.95. The minimum absolute atomic E-state index is 0.160. The molecule has 146 valence electrons. The van der Waals surface area contributed by atoms with E-state index in [-0.39, 0.29) is 11.0 Å². The van der Waals surface area contributed by atoms with Crippen molar-refractivity contribution in [1.82, 2.24) is 5.32 Å². The van der Waals surface area contributed by atoms with Crippen LogP contribution in [0.2, 0.25) is 0 Å². The smallest absolute Gasteiger partial charge is 0.261 e. The van der Waals surface area contributed by atoms with Gasteiger partial charge >= 0.3 is 0 Å². The number of thiocarbonyl (C=S) groups is 1. The summed E-state index contributed by atoms with van der Waals surface area (Å²) in [5, 5.41) is 16.2. The SMILES string of the molecule is COc1c(C)cc(Br)cc1C(=O)NC(=S)Nc1sc2c(c1C#N)CC[C@@H](C)C2. The first-order valence-electron chi connectivity index (χ1n) is 8.85. The van der Waals surface area contributed by atoms with Crippen LogP contribution < -0.4 is 15.4 Å². The summed E-state index contributed by atoms with van der Waals surface area (Å²) < 4.78 is 6.15. The third-order valence-corrected chi connectivity index (χ3v) is 6.60. The number of nitrogens with one attached hydrogen (secondary N) is 2. The number of methoxy groups -OCH3 is 1. The molecule has 2 N–H and O–H groups in total. The predicted octanol–water partition coefficient (Wildman–Crippen LogP) is 4.95.